The Morgan fingerprint density at radius 2 is 1.33 bits per heavy atom. The molecule has 2 aromatic rings. The Labute approximate surface area is 178 Å². The second kappa shape index (κ2) is 14.1. The quantitative estimate of drug-likeness (QED) is 0.176. The molecule has 0 radical (unpaired) electrons. The van der Waals surface area contributed by atoms with Gasteiger partial charge in [0.1, 0.15) is 17.8 Å². The predicted molar refractivity (Wildman–Crippen MR) is 120 cm³/mol. The molecule has 0 heterocycles. The molecule has 2 aromatic carbocycles. The van der Waals surface area contributed by atoms with Crippen molar-refractivity contribution in [1.29, 1.82) is 0 Å². The third kappa shape index (κ3) is 9.07. The number of hydrogen-bond acceptors (Lipinski definition) is 5. The molecule has 0 aliphatic carbocycles. The van der Waals surface area contributed by atoms with E-state index in [4.69, 9.17) is 18.9 Å². The van der Waals surface area contributed by atoms with Gasteiger partial charge in [-0.15, -0.1) is 0 Å². The van der Waals surface area contributed by atoms with Crippen LogP contribution in [-0.4, -0.2) is 33.1 Å². The average molecular weight is 411 g/mol. The predicted octanol–water partition coefficient (Wildman–Crippen LogP) is 5.59. The first-order valence-electron chi connectivity index (χ1n) is 10.2. The highest BCUT2D eigenvalue weighted by Gasteiger charge is 2.03. The molecular formula is C25H30O5. The summed E-state index contributed by atoms with van der Waals surface area (Å²) >= 11 is 0. The van der Waals surface area contributed by atoms with Crippen molar-refractivity contribution in [2.75, 3.05) is 26.8 Å². The number of carbonyl (C=O) groups is 1. The highest BCUT2D eigenvalue weighted by molar-refractivity contribution is 5.72. The van der Waals surface area contributed by atoms with Gasteiger partial charge >= 0.3 is 0 Å². The van der Waals surface area contributed by atoms with Crippen LogP contribution in [0, 0.1) is 0 Å². The maximum atomic E-state index is 10.4. The van der Waals surface area contributed by atoms with Crippen LogP contribution in [0.15, 0.2) is 48.5 Å². The molecule has 0 atom stereocenters. The Morgan fingerprint density at radius 3 is 1.93 bits per heavy atom. The normalized spacial score (nSPS) is 11.3. The SMILES string of the molecule is CCOCOc1cc(C=Cc2cccc(C=CCCC=O)c2)cc(OCOCC)c1. The highest BCUT2D eigenvalue weighted by atomic mass is 16.7. The molecule has 0 unspecified atom stereocenters. The lowest BCUT2D eigenvalue weighted by molar-refractivity contribution is -0.107. The van der Waals surface area contributed by atoms with Gasteiger partial charge in [-0.3, -0.25) is 0 Å². The fourth-order valence-electron chi connectivity index (χ4n) is 2.59. The van der Waals surface area contributed by atoms with E-state index in [1.54, 1.807) is 0 Å². The maximum absolute atomic E-state index is 10.4. The summed E-state index contributed by atoms with van der Waals surface area (Å²) in [5, 5.41) is 0. The van der Waals surface area contributed by atoms with Crippen LogP contribution < -0.4 is 9.47 Å². The molecule has 2 rings (SSSR count). The second-order valence-corrected chi connectivity index (χ2v) is 6.40. The minimum Gasteiger partial charge on any atom is -0.467 e. The summed E-state index contributed by atoms with van der Waals surface area (Å²) in [6.45, 7) is 5.40. The summed E-state index contributed by atoms with van der Waals surface area (Å²) in [4.78, 5) is 10.4. The van der Waals surface area contributed by atoms with E-state index in [0.29, 0.717) is 31.1 Å². The van der Waals surface area contributed by atoms with E-state index in [0.717, 1.165) is 29.4 Å². The first kappa shape index (κ1) is 23.4. The zero-order valence-corrected chi connectivity index (χ0v) is 17.7. The summed E-state index contributed by atoms with van der Waals surface area (Å²) in [6, 6.07) is 13.9. The summed E-state index contributed by atoms with van der Waals surface area (Å²) in [7, 11) is 0. The smallest absolute Gasteiger partial charge is 0.189 e. The van der Waals surface area contributed by atoms with Crippen molar-refractivity contribution in [2.24, 2.45) is 0 Å². The Hall–Kier alpha value is -2.89. The van der Waals surface area contributed by atoms with Crippen molar-refractivity contribution >= 4 is 24.5 Å². The molecule has 0 bridgehead atoms. The average Bonchev–Trinajstić information content (AvgIpc) is 2.76. The van der Waals surface area contributed by atoms with E-state index in [2.05, 4.69) is 6.07 Å². The van der Waals surface area contributed by atoms with Crippen LogP contribution in [0.1, 0.15) is 43.4 Å². The molecule has 0 saturated heterocycles. The molecule has 0 amide bonds. The minimum atomic E-state index is 0.188. The van der Waals surface area contributed by atoms with Gasteiger partial charge in [-0.2, -0.15) is 0 Å². The minimum absolute atomic E-state index is 0.188. The molecule has 30 heavy (non-hydrogen) atoms. The third-order valence-corrected chi connectivity index (χ3v) is 4.07. The first-order valence-corrected chi connectivity index (χ1v) is 10.2. The first-order chi connectivity index (χ1) is 14.7. The lowest BCUT2D eigenvalue weighted by Gasteiger charge is -2.11. The molecule has 0 fully saturated rings. The Morgan fingerprint density at radius 1 is 0.733 bits per heavy atom. The van der Waals surface area contributed by atoms with E-state index in [-0.39, 0.29) is 13.6 Å². The molecule has 0 N–H and O–H groups in total. The number of rotatable bonds is 14. The third-order valence-electron chi connectivity index (χ3n) is 4.07. The van der Waals surface area contributed by atoms with E-state index >= 15 is 0 Å². The van der Waals surface area contributed by atoms with E-state index in [9.17, 15) is 4.79 Å². The zero-order valence-electron chi connectivity index (χ0n) is 17.7. The van der Waals surface area contributed by atoms with Crippen LogP contribution >= 0.6 is 0 Å². The summed E-state index contributed by atoms with van der Waals surface area (Å²) in [5.41, 5.74) is 3.12. The molecule has 5 heteroatoms. The van der Waals surface area contributed by atoms with Gasteiger partial charge in [0.15, 0.2) is 13.6 Å². The van der Waals surface area contributed by atoms with Gasteiger partial charge in [0.05, 0.1) is 0 Å². The van der Waals surface area contributed by atoms with E-state index in [1.165, 1.54) is 0 Å². The number of ether oxygens (including phenoxy) is 4. The van der Waals surface area contributed by atoms with Crippen LogP contribution in [0.2, 0.25) is 0 Å². The van der Waals surface area contributed by atoms with Crippen molar-refractivity contribution in [1.82, 2.24) is 0 Å². The molecule has 5 nitrogen and oxygen atoms in total. The number of carbonyl (C=O) groups excluding carboxylic acids is 1. The van der Waals surface area contributed by atoms with Gasteiger partial charge in [-0.25, -0.2) is 0 Å². The van der Waals surface area contributed by atoms with Gasteiger partial charge in [-0.1, -0.05) is 42.5 Å². The summed E-state index contributed by atoms with van der Waals surface area (Å²) < 4.78 is 21.9. The summed E-state index contributed by atoms with van der Waals surface area (Å²) in [5.74, 6) is 1.34. The van der Waals surface area contributed by atoms with Crippen molar-refractivity contribution in [3.05, 3.63) is 65.2 Å². The molecule has 0 aromatic heterocycles. The molecule has 0 saturated carbocycles. The van der Waals surface area contributed by atoms with Crippen LogP contribution in [0.25, 0.3) is 18.2 Å². The maximum Gasteiger partial charge on any atom is 0.189 e. The summed E-state index contributed by atoms with van der Waals surface area (Å²) in [6.07, 6.45) is 10.3. The van der Waals surface area contributed by atoms with Gasteiger partial charge in [0.25, 0.3) is 0 Å². The Balaban J connectivity index is 2.13. The molecule has 0 spiro atoms. The highest BCUT2D eigenvalue weighted by Crippen LogP contribution is 2.25. The van der Waals surface area contributed by atoms with Crippen molar-refractivity contribution in [2.45, 2.75) is 26.7 Å². The lowest BCUT2D eigenvalue weighted by atomic mass is 10.1. The number of benzene rings is 2. The number of allylic oxidation sites excluding steroid dienone is 1. The van der Waals surface area contributed by atoms with Gasteiger partial charge in [-0.05, 0) is 55.2 Å². The van der Waals surface area contributed by atoms with E-state index in [1.807, 2.05) is 74.5 Å². The molecule has 160 valence electrons. The Kier molecular flexibility index (Phi) is 11.0. The lowest BCUT2D eigenvalue weighted by Crippen LogP contribution is -2.04. The van der Waals surface area contributed by atoms with Crippen LogP contribution in [-0.2, 0) is 14.3 Å². The van der Waals surface area contributed by atoms with Crippen molar-refractivity contribution in [3.8, 4) is 11.5 Å². The largest absolute Gasteiger partial charge is 0.467 e. The van der Waals surface area contributed by atoms with Crippen LogP contribution in [0.5, 0.6) is 11.5 Å². The fourth-order valence-corrected chi connectivity index (χ4v) is 2.59. The van der Waals surface area contributed by atoms with Crippen molar-refractivity contribution < 1.29 is 23.7 Å². The molecular weight excluding hydrogens is 380 g/mol. The van der Waals surface area contributed by atoms with Crippen LogP contribution in [0.4, 0.5) is 0 Å². The van der Waals surface area contributed by atoms with Gasteiger partial charge in [0, 0.05) is 25.7 Å². The van der Waals surface area contributed by atoms with Gasteiger partial charge < -0.3 is 23.7 Å². The van der Waals surface area contributed by atoms with Gasteiger partial charge in [0.2, 0.25) is 0 Å². The Bertz CT molecular complexity index is 798. The topological polar surface area (TPSA) is 54.0 Å². The fraction of sp³-hybridized carbons (Fsp3) is 0.320. The van der Waals surface area contributed by atoms with Crippen molar-refractivity contribution in [3.63, 3.8) is 0 Å². The van der Waals surface area contributed by atoms with Crippen LogP contribution in [0.3, 0.4) is 0 Å². The standard InChI is InChI=1S/C25H30O5/c1-3-27-19-29-24-16-23(17-25(18-24)30-20-28-4-2)13-12-22-11-8-10-21(15-22)9-6-5-7-14-26/h6,8-18H,3-5,7,19-20H2,1-2H3. The van der Waals surface area contributed by atoms with E-state index < -0.39 is 0 Å². The number of hydrogen-bond donors (Lipinski definition) is 0. The monoisotopic (exact) mass is 410 g/mol. The second-order valence-electron chi connectivity index (χ2n) is 6.40. The zero-order chi connectivity index (χ0) is 21.4. The number of unbranched alkanes of at least 4 members (excludes halogenated alkanes) is 1. The molecule has 0 aliphatic heterocycles. The number of aldehydes is 1. The molecule has 0 aliphatic rings.